The average molecular weight is 244 g/mol. The fourth-order valence-electron chi connectivity index (χ4n) is 1.05. The van der Waals surface area contributed by atoms with Gasteiger partial charge in [0.25, 0.3) is 0 Å². The molecule has 5 heteroatoms. The summed E-state index contributed by atoms with van der Waals surface area (Å²) < 4.78 is 5.01. The fourth-order valence-corrected chi connectivity index (χ4v) is 1.05. The summed E-state index contributed by atoms with van der Waals surface area (Å²) in [6.07, 6.45) is 0. The molecule has 0 unspecified atom stereocenters. The van der Waals surface area contributed by atoms with Crippen LogP contribution in [0.25, 0.3) is 0 Å². The highest BCUT2D eigenvalue weighted by atomic mass is 16.5. The van der Waals surface area contributed by atoms with Gasteiger partial charge in [0, 0.05) is 0 Å². The van der Waals surface area contributed by atoms with E-state index in [0.717, 1.165) is 0 Å². The van der Waals surface area contributed by atoms with Crippen molar-refractivity contribution in [3.05, 3.63) is 0 Å². The first-order valence-corrected chi connectivity index (χ1v) is 5.98. The third kappa shape index (κ3) is 6.26. The Hall–Kier alpha value is -1.10. The van der Waals surface area contributed by atoms with E-state index >= 15 is 0 Å². The van der Waals surface area contributed by atoms with Crippen molar-refractivity contribution in [3.63, 3.8) is 0 Å². The Morgan fingerprint density at radius 1 is 1.18 bits per heavy atom. The van der Waals surface area contributed by atoms with Crippen LogP contribution >= 0.6 is 0 Å². The molecule has 2 atom stereocenters. The lowest BCUT2D eigenvalue weighted by Gasteiger charge is -2.19. The average Bonchev–Trinajstić information content (AvgIpc) is 2.24. The number of amides is 1. The smallest absolute Gasteiger partial charge is 0.328 e. The van der Waals surface area contributed by atoms with Crippen LogP contribution in [0.15, 0.2) is 0 Å². The highest BCUT2D eigenvalue weighted by Crippen LogP contribution is 2.00. The first-order chi connectivity index (χ1) is 7.75. The number of esters is 1. The maximum Gasteiger partial charge on any atom is 0.328 e. The van der Waals surface area contributed by atoms with Gasteiger partial charge >= 0.3 is 5.97 Å². The SMILES string of the molecule is CC(C)COC(=O)[C@H](C)NC(=O)[C@@H](N)C(C)C. The molecule has 100 valence electrons. The maximum atomic E-state index is 11.6. The Balaban J connectivity index is 4.11. The molecule has 0 fully saturated rings. The zero-order valence-corrected chi connectivity index (χ0v) is 11.3. The molecular formula is C12H24N2O3. The molecule has 1 amide bonds. The van der Waals surface area contributed by atoms with E-state index in [9.17, 15) is 9.59 Å². The van der Waals surface area contributed by atoms with Gasteiger partial charge in [-0.05, 0) is 18.8 Å². The molecular weight excluding hydrogens is 220 g/mol. The molecule has 0 spiro atoms. The lowest BCUT2D eigenvalue weighted by atomic mass is 10.0. The Labute approximate surface area is 103 Å². The second-order valence-corrected chi connectivity index (χ2v) is 5.02. The molecule has 0 aromatic carbocycles. The van der Waals surface area contributed by atoms with Crippen LogP contribution < -0.4 is 11.1 Å². The van der Waals surface area contributed by atoms with Crippen molar-refractivity contribution < 1.29 is 14.3 Å². The maximum absolute atomic E-state index is 11.6. The topological polar surface area (TPSA) is 81.4 Å². The minimum absolute atomic E-state index is 0.0360. The largest absolute Gasteiger partial charge is 0.464 e. The van der Waals surface area contributed by atoms with Crippen molar-refractivity contribution in [1.82, 2.24) is 5.32 Å². The zero-order valence-electron chi connectivity index (χ0n) is 11.3. The van der Waals surface area contributed by atoms with Gasteiger partial charge in [0.1, 0.15) is 6.04 Å². The van der Waals surface area contributed by atoms with Crippen molar-refractivity contribution in [2.24, 2.45) is 17.6 Å². The lowest BCUT2D eigenvalue weighted by Crippen LogP contribution is -2.49. The number of nitrogens with one attached hydrogen (secondary N) is 1. The molecule has 0 aliphatic rings. The molecule has 17 heavy (non-hydrogen) atoms. The molecule has 3 N–H and O–H groups in total. The van der Waals surface area contributed by atoms with Gasteiger partial charge in [0.15, 0.2) is 0 Å². The van der Waals surface area contributed by atoms with Gasteiger partial charge in [0.05, 0.1) is 12.6 Å². The molecule has 0 rings (SSSR count). The van der Waals surface area contributed by atoms with Crippen LogP contribution in [-0.4, -0.2) is 30.6 Å². The molecule has 0 saturated carbocycles. The number of hydrogen-bond acceptors (Lipinski definition) is 4. The van der Waals surface area contributed by atoms with Crippen molar-refractivity contribution in [1.29, 1.82) is 0 Å². The van der Waals surface area contributed by atoms with E-state index in [1.54, 1.807) is 6.92 Å². The van der Waals surface area contributed by atoms with Gasteiger partial charge in [-0.15, -0.1) is 0 Å². The van der Waals surface area contributed by atoms with Crippen LogP contribution in [0.2, 0.25) is 0 Å². The quantitative estimate of drug-likeness (QED) is 0.673. The third-order valence-electron chi connectivity index (χ3n) is 2.29. The highest BCUT2D eigenvalue weighted by molar-refractivity contribution is 5.87. The minimum atomic E-state index is -0.661. The first kappa shape index (κ1) is 15.9. The van der Waals surface area contributed by atoms with E-state index in [4.69, 9.17) is 10.5 Å². The van der Waals surface area contributed by atoms with Crippen molar-refractivity contribution in [3.8, 4) is 0 Å². The standard InChI is InChI=1S/C12H24N2O3/c1-7(2)6-17-12(16)9(5)14-11(15)10(13)8(3)4/h7-10H,6,13H2,1-5H3,(H,14,15)/t9-,10-/m0/s1. The molecule has 0 aliphatic carbocycles. The molecule has 0 aliphatic heterocycles. The van der Waals surface area contributed by atoms with E-state index in [-0.39, 0.29) is 17.7 Å². The predicted octanol–water partition coefficient (Wildman–Crippen LogP) is 0.674. The molecule has 0 heterocycles. The van der Waals surface area contributed by atoms with E-state index in [1.165, 1.54) is 0 Å². The molecule has 0 radical (unpaired) electrons. The molecule has 0 saturated heterocycles. The van der Waals surface area contributed by atoms with Gasteiger partial charge in [0.2, 0.25) is 5.91 Å². The van der Waals surface area contributed by atoms with E-state index in [2.05, 4.69) is 5.32 Å². The second-order valence-electron chi connectivity index (χ2n) is 5.02. The number of carbonyl (C=O) groups excluding carboxylic acids is 2. The first-order valence-electron chi connectivity index (χ1n) is 5.98. The van der Waals surface area contributed by atoms with E-state index < -0.39 is 18.1 Å². The second kappa shape index (κ2) is 7.27. The summed E-state index contributed by atoms with van der Waals surface area (Å²) in [5.74, 6) is -0.439. The number of ether oxygens (including phenoxy) is 1. The van der Waals surface area contributed by atoms with Gasteiger partial charge in [-0.3, -0.25) is 4.79 Å². The summed E-state index contributed by atoms with van der Waals surface area (Å²) in [5.41, 5.74) is 5.67. The van der Waals surface area contributed by atoms with Gasteiger partial charge in [-0.25, -0.2) is 4.79 Å². The third-order valence-corrected chi connectivity index (χ3v) is 2.29. The van der Waals surface area contributed by atoms with Crippen molar-refractivity contribution >= 4 is 11.9 Å². The molecule has 5 nitrogen and oxygen atoms in total. The zero-order chi connectivity index (χ0) is 13.6. The number of nitrogens with two attached hydrogens (primary N) is 1. The Kier molecular flexibility index (Phi) is 6.80. The number of rotatable bonds is 6. The molecule has 0 aromatic heterocycles. The summed E-state index contributed by atoms with van der Waals surface area (Å²) in [6, 6.07) is -1.26. The minimum Gasteiger partial charge on any atom is -0.464 e. The van der Waals surface area contributed by atoms with Crippen molar-refractivity contribution in [2.75, 3.05) is 6.61 Å². The van der Waals surface area contributed by atoms with Crippen molar-refractivity contribution in [2.45, 2.75) is 46.7 Å². The van der Waals surface area contributed by atoms with Crippen LogP contribution in [0, 0.1) is 11.8 Å². The summed E-state index contributed by atoms with van der Waals surface area (Å²) in [6.45, 7) is 9.55. The number of carbonyl (C=O) groups is 2. The summed E-state index contributed by atoms with van der Waals surface area (Å²) in [5, 5.41) is 2.55. The van der Waals surface area contributed by atoms with Crippen LogP contribution in [-0.2, 0) is 14.3 Å². The Morgan fingerprint density at radius 3 is 2.12 bits per heavy atom. The Morgan fingerprint density at radius 2 is 1.71 bits per heavy atom. The molecule has 0 aromatic rings. The van der Waals surface area contributed by atoms with Crippen LogP contribution in [0.1, 0.15) is 34.6 Å². The van der Waals surface area contributed by atoms with E-state index in [1.807, 2.05) is 27.7 Å². The lowest BCUT2D eigenvalue weighted by molar-refractivity contribution is -0.148. The van der Waals surface area contributed by atoms with Gasteiger partial charge in [-0.1, -0.05) is 27.7 Å². The predicted molar refractivity (Wildman–Crippen MR) is 66.2 cm³/mol. The summed E-state index contributed by atoms with van der Waals surface area (Å²) >= 11 is 0. The van der Waals surface area contributed by atoms with Gasteiger partial charge in [-0.2, -0.15) is 0 Å². The monoisotopic (exact) mass is 244 g/mol. The number of hydrogen-bond donors (Lipinski definition) is 2. The van der Waals surface area contributed by atoms with Gasteiger partial charge < -0.3 is 15.8 Å². The van der Waals surface area contributed by atoms with E-state index in [0.29, 0.717) is 6.61 Å². The highest BCUT2D eigenvalue weighted by Gasteiger charge is 2.22. The van der Waals surface area contributed by atoms with Crippen LogP contribution in [0.5, 0.6) is 0 Å². The fraction of sp³-hybridized carbons (Fsp3) is 0.833. The summed E-state index contributed by atoms with van der Waals surface area (Å²) in [7, 11) is 0. The normalized spacial score (nSPS) is 14.6. The summed E-state index contributed by atoms with van der Waals surface area (Å²) in [4.78, 5) is 23.1. The van der Waals surface area contributed by atoms with Crippen LogP contribution in [0.4, 0.5) is 0 Å². The molecule has 0 bridgehead atoms. The Bertz CT molecular complexity index is 264. The van der Waals surface area contributed by atoms with Crippen LogP contribution in [0.3, 0.4) is 0 Å².